The molecule has 3 N–H and O–H groups in total. The predicted octanol–water partition coefficient (Wildman–Crippen LogP) is 5.89. The Bertz CT molecular complexity index is 1130. The van der Waals surface area contributed by atoms with Gasteiger partial charge in [-0.15, -0.1) is 0 Å². The molecule has 2 amide bonds. The van der Waals surface area contributed by atoms with Gasteiger partial charge in [-0.3, -0.25) is 9.59 Å². The van der Waals surface area contributed by atoms with E-state index < -0.39 is 8.32 Å². The molecule has 2 heterocycles. The van der Waals surface area contributed by atoms with E-state index in [0.717, 1.165) is 54.0 Å². The SMILES string of the molecule is CC(=O)N[C@@H]1CCC[C@H](C(=O)Nc2cc3c(NC(C)C)nc(CCO[Si](C)(C)CC(C)(C)C)cc3cn2)C1. The molecule has 0 spiro atoms. The summed E-state index contributed by atoms with van der Waals surface area (Å²) < 4.78 is 6.38. The molecule has 0 bridgehead atoms. The fourth-order valence-electron chi connectivity index (χ4n) is 5.62. The normalized spacial score (nSPS) is 18.4. The first-order chi connectivity index (χ1) is 17.7. The van der Waals surface area contributed by atoms with Crippen molar-refractivity contribution in [3.05, 3.63) is 24.0 Å². The van der Waals surface area contributed by atoms with Crippen LogP contribution < -0.4 is 16.0 Å². The number of fused-ring (bicyclic) bond motifs is 1. The molecule has 1 aliphatic rings. The molecule has 0 unspecified atom stereocenters. The summed E-state index contributed by atoms with van der Waals surface area (Å²) in [6.45, 7) is 17.7. The molecular weight excluding hydrogens is 494 g/mol. The van der Waals surface area contributed by atoms with Crippen LogP contribution in [0.15, 0.2) is 18.3 Å². The third kappa shape index (κ3) is 9.34. The maximum absolute atomic E-state index is 13.0. The molecule has 8 nitrogen and oxygen atoms in total. The van der Waals surface area contributed by atoms with Crippen molar-refractivity contribution < 1.29 is 14.0 Å². The molecule has 1 saturated carbocycles. The second-order valence-corrected chi connectivity index (χ2v) is 17.1. The maximum Gasteiger partial charge on any atom is 0.228 e. The lowest BCUT2D eigenvalue weighted by atomic mass is 9.85. The molecular formula is C29H47N5O3Si. The van der Waals surface area contributed by atoms with Crippen LogP contribution in [0, 0.1) is 11.3 Å². The van der Waals surface area contributed by atoms with Gasteiger partial charge in [0.15, 0.2) is 8.32 Å². The van der Waals surface area contributed by atoms with Gasteiger partial charge >= 0.3 is 0 Å². The van der Waals surface area contributed by atoms with Crippen molar-refractivity contribution in [2.24, 2.45) is 11.3 Å². The molecule has 9 heteroatoms. The number of hydrogen-bond donors (Lipinski definition) is 3. The van der Waals surface area contributed by atoms with Crippen LogP contribution in [0.1, 0.15) is 72.9 Å². The quantitative estimate of drug-likeness (QED) is 0.324. The van der Waals surface area contributed by atoms with Crippen LogP contribution in [0.2, 0.25) is 19.1 Å². The van der Waals surface area contributed by atoms with Gasteiger partial charge < -0.3 is 20.4 Å². The lowest BCUT2D eigenvalue weighted by Gasteiger charge is -2.30. The van der Waals surface area contributed by atoms with Gasteiger partial charge in [0.25, 0.3) is 0 Å². The van der Waals surface area contributed by atoms with Gasteiger partial charge in [0.05, 0.1) is 0 Å². The highest BCUT2D eigenvalue weighted by atomic mass is 28.4. The van der Waals surface area contributed by atoms with Crippen LogP contribution in [0.3, 0.4) is 0 Å². The third-order valence-electron chi connectivity index (χ3n) is 6.70. The Morgan fingerprint density at radius 1 is 1.18 bits per heavy atom. The standard InChI is InChI=1S/C29H47N5O3Si/c1-19(2)31-27-25-16-26(34-28(36)21-10-9-11-23(14-21)32-20(3)35)30-17-22(25)15-24(33-27)12-13-37-38(7,8)18-29(4,5)6/h15-17,19,21,23H,9-14,18H2,1-8H3,(H,31,33)(H,32,35)(H,30,34,36)/t21-,23+/m0/s1. The van der Waals surface area contributed by atoms with E-state index in [2.05, 4.69) is 74.7 Å². The van der Waals surface area contributed by atoms with Gasteiger partial charge in [0.1, 0.15) is 11.6 Å². The second kappa shape index (κ2) is 12.6. The number of nitrogens with zero attached hydrogens (tertiary/aromatic N) is 2. The Labute approximate surface area is 229 Å². The number of carbonyl (C=O) groups excluding carboxylic acids is 2. The highest BCUT2D eigenvalue weighted by Gasteiger charge is 2.29. The van der Waals surface area contributed by atoms with Gasteiger partial charge in [0, 0.05) is 60.6 Å². The molecule has 0 aliphatic heterocycles. The molecule has 2 aromatic rings. The zero-order valence-corrected chi connectivity index (χ0v) is 25.5. The van der Waals surface area contributed by atoms with E-state index in [9.17, 15) is 9.59 Å². The van der Waals surface area contributed by atoms with Crippen molar-refractivity contribution in [1.29, 1.82) is 0 Å². The fourth-order valence-corrected chi connectivity index (χ4v) is 8.93. The Morgan fingerprint density at radius 3 is 2.58 bits per heavy atom. The Kier molecular flexibility index (Phi) is 9.92. The van der Waals surface area contributed by atoms with Crippen molar-refractivity contribution in [2.45, 2.75) is 105 Å². The molecule has 1 aliphatic carbocycles. The summed E-state index contributed by atoms with van der Waals surface area (Å²) >= 11 is 0. The van der Waals surface area contributed by atoms with E-state index in [-0.39, 0.29) is 35.2 Å². The first kappa shape index (κ1) is 30.0. The number of carbonyl (C=O) groups is 2. The number of nitrogens with one attached hydrogen (secondary N) is 3. The maximum atomic E-state index is 13.0. The number of amides is 2. The lowest BCUT2D eigenvalue weighted by Crippen LogP contribution is -2.40. The van der Waals surface area contributed by atoms with Gasteiger partial charge in [-0.05, 0) is 69.8 Å². The highest BCUT2D eigenvalue weighted by Crippen LogP contribution is 2.30. The summed E-state index contributed by atoms with van der Waals surface area (Å²) in [5, 5.41) is 11.3. The third-order valence-corrected chi connectivity index (χ3v) is 9.60. The smallest absolute Gasteiger partial charge is 0.228 e. The molecule has 3 rings (SSSR count). The zero-order chi connectivity index (χ0) is 28.1. The number of aromatic nitrogens is 2. The number of hydrogen-bond acceptors (Lipinski definition) is 6. The molecule has 210 valence electrons. The summed E-state index contributed by atoms with van der Waals surface area (Å²) in [5.41, 5.74) is 1.22. The first-order valence-electron chi connectivity index (χ1n) is 14.0. The van der Waals surface area contributed by atoms with Crippen LogP contribution in [-0.2, 0) is 20.4 Å². The largest absolute Gasteiger partial charge is 0.417 e. The molecule has 38 heavy (non-hydrogen) atoms. The van der Waals surface area contributed by atoms with E-state index in [4.69, 9.17) is 9.41 Å². The summed E-state index contributed by atoms with van der Waals surface area (Å²) in [7, 11) is -1.75. The van der Waals surface area contributed by atoms with Crippen LogP contribution in [0.5, 0.6) is 0 Å². The van der Waals surface area contributed by atoms with Crippen molar-refractivity contribution in [3.8, 4) is 0 Å². The van der Waals surface area contributed by atoms with Crippen molar-refractivity contribution in [2.75, 3.05) is 17.2 Å². The molecule has 0 aromatic carbocycles. The lowest BCUT2D eigenvalue weighted by molar-refractivity contribution is -0.123. The molecule has 2 aromatic heterocycles. The highest BCUT2D eigenvalue weighted by molar-refractivity contribution is 6.71. The first-order valence-corrected chi connectivity index (χ1v) is 17.1. The summed E-state index contributed by atoms with van der Waals surface area (Å²) in [6, 6.07) is 5.34. The van der Waals surface area contributed by atoms with Crippen molar-refractivity contribution in [3.63, 3.8) is 0 Å². The Hall–Kier alpha value is -2.52. The van der Waals surface area contributed by atoms with E-state index >= 15 is 0 Å². The van der Waals surface area contributed by atoms with Crippen LogP contribution in [0.25, 0.3) is 10.8 Å². The summed E-state index contributed by atoms with van der Waals surface area (Å²) in [4.78, 5) is 34.0. The average molecular weight is 542 g/mol. The van der Waals surface area contributed by atoms with Crippen LogP contribution in [0.4, 0.5) is 11.6 Å². The van der Waals surface area contributed by atoms with E-state index in [1.165, 1.54) is 6.92 Å². The molecule has 1 fully saturated rings. The van der Waals surface area contributed by atoms with Gasteiger partial charge in [-0.1, -0.05) is 27.2 Å². The summed E-state index contributed by atoms with van der Waals surface area (Å²) in [6.07, 6.45) is 5.85. The topological polar surface area (TPSA) is 105 Å². The predicted molar refractivity (Wildman–Crippen MR) is 158 cm³/mol. The van der Waals surface area contributed by atoms with E-state index in [1.54, 1.807) is 0 Å². The van der Waals surface area contributed by atoms with Gasteiger partial charge in [-0.25, -0.2) is 9.97 Å². The van der Waals surface area contributed by atoms with E-state index in [0.29, 0.717) is 18.8 Å². The Balaban J connectivity index is 1.73. The van der Waals surface area contributed by atoms with Gasteiger partial charge in [-0.2, -0.15) is 0 Å². The molecule has 2 atom stereocenters. The van der Waals surface area contributed by atoms with Crippen LogP contribution >= 0.6 is 0 Å². The minimum Gasteiger partial charge on any atom is -0.417 e. The molecule has 0 radical (unpaired) electrons. The average Bonchev–Trinajstić information content (AvgIpc) is 2.77. The van der Waals surface area contributed by atoms with Crippen LogP contribution in [-0.4, -0.2) is 48.8 Å². The minimum absolute atomic E-state index is 0.0472. The fraction of sp³-hybridized carbons (Fsp3) is 0.655. The summed E-state index contributed by atoms with van der Waals surface area (Å²) in [5.74, 6) is 1.07. The van der Waals surface area contributed by atoms with Gasteiger partial charge in [0.2, 0.25) is 11.8 Å². The van der Waals surface area contributed by atoms with Crippen molar-refractivity contribution in [1.82, 2.24) is 15.3 Å². The minimum atomic E-state index is -1.75. The second-order valence-electron chi connectivity index (χ2n) is 12.9. The number of pyridine rings is 2. The Morgan fingerprint density at radius 2 is 1.92 bits per heavy atom. The number of anilines is 2. The molecule has 0 saturated heterocycles. The zero-order valence-electron chi connectivity index (χ0n) is 24.5. The van der Waals surface area contributed by atoms with E-state index in [1.807, 2.05) is 12.3 Å². The van der Waals surface area contributed by atoms with Crippen molar-refractivity contribution >= 4 is 42.5 Å². The monoisotopic (exact) mass is 541 g/mol. The number of rotatable bonds is 10.